The van der Waals surface area contributed by atoms with Crippen molar-refractivity contribution < 1.29 is 0 Å². The third-order valence-electron chi connectivity index (χ3n) is 4.95. The lowest BCUT2D eigenvalue weighted by Gasteiger charge is -2.19. The average molecular weight is 245 g/mol. The van der Waals surface area contributed by atoms with Crippen molar-refractivity contribution in [3.05, 3.63) is 33.4 Å². The van der Waals surface area contributed by atoms with E-state index in [1.165, 1.54) is 29.7 Å². The van der Waals surface area contributed by atoms with Gasteiger partial charge in [-0.3, -0.25) is 0 Å². The van der Waals surface area contributed by atoms with Gasteiger partial charge in [0.25, 0.3) is 0 Å². The summed E-state index contributed by atoms with van der Waals surface area (Å²) in [6.07, 6.45) is 1.38. The first-order valence-electron chi connectivity index (χ1n) is 7.06. The molecule has 2 atom stereocenters. The van der Waals surface area contributed by atoms with Gasteiger partial charge >= 0.3 is 0 Å². The zero-order valence-electron chi connectivity index (χ0n) is 13.0. The van der Waals surface area contributed by atoms with E-state index in [1.807, 2.05) is 0 Å². The van der Waals surface area contributed by atoms with Crippen LogP contribution in [0, 0.1) is 40.5 Å². The van der Waals surface area contributed by atoms with Crippen molar-refractivity contribution >= 4 is 0 Å². The molecule has 0 aliphatic heterocycles. The highest BCUT2D eigenvalue weighted by Gasteiger charge is 2.40. The Labute approximate surface area is 112 Å². The molecule has 0 saturated heterocycles. The van der Waals surface area contributed by atoms with Crippen molar-refractivity contribution in [2.24, 2.45) is 5.92 Å². The molecule has 0 spiro atoms. The highest BCUT2D eigenvalue weighted by Crippen LogP contribution is 2.51. The summed E-state index contributed by atoms with van der Waals surface area (Å²) in [5.74, 6) is 1.68. The van der Waals surface area contributed by atoms with Crippen LogP contribution in [0.15, 0.2) is 0 Å². The molecule has 1 fully saturated rings. The molecule has 2 rings (SSSR count). The summed E-state index contributed by atoms with van der Waals surface area (Å²) in [5.41, 5.74) is 9.23. The van der Waals surface area contributed by atoms with E-state index in [0.29, 0.717) is 0 Å². The number of hydrogen-bond donors (Lipinski definition) is 0. The molecule has 100 valence electrons. The van der Waals surface area contributed by atoms with Gasteiger partial charge in [-0.15, -0.1) is 0 Å². The third kappa shape index (κ3) is 2.21. The van der Waals surface area contributed by atoms with E-state index in [4.69, 9.17) is 0 Å². The number of rotatable bonds is 3. The van der Waals surface area contributed by atoms with E-state index >= 15 is 0 Å². The van der Waals surface area contributed by atoms with Crippen LogP contribution in [0.2, 0.25) is 0 Å². The topological polar surface area (TPSA) is 3.24 Å². The van der Waals surface area contributed by atoms with Crippen molar-refractivity contribution in [3.63, 3.8) is 0 Å². The molecule has 18 heavy (non-hydrogen) atoms. The quantitative estimate of drug-likeness (QED) is 0.781. The molecule has 1 saturated carbocycles. The maximum absolute atomic E-state index is 2.32. The maximum atomic E-state index is 2.32. The Kier molecular flexibility index (Phi) is 3.55. The van der Waals surface area contributed by atoms with Crippen LogP contribution in [0.1, 0.15) is 45.7 Å². The first-order valence-corrected chi connectivity index (χ1v) is 7.06. The summed E-state index contributed by atoms with van der Waals surface area (Å²) in [6.45, 7) is 12.7. The van der Waals surface area contributed by atoms with Crippen molar-refractivity contribution in [1.82, 2.24) is 4.90 Å². The van der Waals surface area contributed by atoms with Gasteiger partial charge in [0.2, 0.25) is 0 Å². The predicted molar refractivity (Wildman–Crippen MR) is 79.5 cm³/mol. The Morgan fingerprint density at radius 1 is 0.833 bits per heavy atom. The average Bonchev–Trinajstić information content (AvgIpc) is 3.02. The molecule has 0 radical (unpaired) electrons. The molecular formula is C17H27N. The van der Waals surface area contributed by atoms with Crippen LogP contribution >= 0.6 is 0 Å². The van der Waals surface area contributed by atoms with Crippen molar-refractivity contribution in [2.45, 2.75) is 47.0 Å². The highest BCUT2D eigenvalue weighted by molar-refractivity contribution is 5.52. The summed E-state index contributed by atoms with van der Waals surface area (Å²) in [6, 6.07) is 0. The first-order chi connectivity index (χ1) is 8.34. The van der Waals surface area contributed by atoms with E-state index in [-0.39, 0.29) is 0 Å². The SMILES string of the molecule is Cc1c(C)c(C)c(C2CC2CN(C)C)c(C)c1C. The monoisotopic (exact) mass is 245 g/mol. The summed E-state index contributed by atoms with van der Waals surface area (Å²) >= 11 is 0. The van der Waals surface area contributed by atoms with Gasteiger partial charge in [0, 0.05) is 6.54 Å². The largest absolute Gasteiger partial charge is 0.309 e. The van der Waals surface area contributed by atoms with E-state index in [2.05, 4.69) is 53.6 Å². The van der Waals surface area contributed by atoms with E-state index in [9.17, 15) is 0 Å². The van der Waals surface area contributed by atoms with Gasteiger partial charge < -0.3 is 4.90 Å². The lowest BCUT2D eigenvalue weighted by molar-refractivity contribution is 0.385. The van der Waals surface area contributed by atoms with Crippen LogP contribution in [-0.2, 0) is 0 Å². The summed E-state index contributed by atoms with van der Waals surface area (Å²) in [4.78, 5) is 2.32. The van der Waals surface area contributed by atoms with Gasteiger partial charge in [-0.25, -0.2) is 0 Å². The second-order valence-electron chi connectivity index (χ2n) is 6.40. The lowest BCUT2D eigenvalue weighted by atomic mass is 9.87. The molecule has 1 aliphatic carbocycles. The highest BCUT2D eigenvalue weighted by atomic mass is 15.1. The minimum absolute atomic E-state index is 0.811. The minimum Gasteiger partial charge on any atom is -0.309 e. The minimum atomic E-state index is 0.811. The molecule has 1 heteroatoms. The van der Waals surface area contributed by atoms with Crippen molar-refractivity contribution in [3.8, 4) is 0 Å². The van der Waals surface area contributed by atoms with E-state index in [0.717, 1.165) is 11.8 Å². The first kappa shape index (κ1) is 13.6. The molecular weight excluding hydrogens is 218 g/mol. The lowest BCUT2D eigenvalue weighted by Crippen LogP contribution is -2.15. The molecule has 2 unspecified atom stereocenters. The van der Waals surface area contributed by atoms with Crippen molar-refractivity contribution in [2.75, 3.05) is 20.6 Å². The number of hydrogen-bond acceptors (Lipinski definition) is 1. The van der Waals surface area contributed by atoms with Gasteiger partial charge in [-0.05, 0) is 100 Å². The van der Waals surface area contributed by atoms with Crippen LogP contribution in [0.3, 0.4) is 0 Å². The molecule has 0 heterocycles. The smallest absolute Gasteiger partial charge is 0.000963 e. The van der Waals surface area contributed by atoms with Gasteiger partial charge in [0.15, 0.2) is 0 Å². The summed E-state index contributed by atoms with van der Waals surface area (Å²) in [7, 11) is 4.36. The second-order valence-corrected chi connectivity index (χ2v) is 6.40. The molecule has 0 aromatic heterocycles. The standard InChI is InChI=1S/C17H27N/c1-10-11(2)13(4)17(14(5)12(10)3)16-8-15(16)9-18(6)7/h15-16H,8-9H2,1-7H3. The summed E-state index contributed by atoms with van der Waals surface area (Å²) < 4.78 is 0. The van der Waals surface area contributed by atoms with Gasteiger partial charge in [0.05, 0.1) is 0 Å². The van der Waals surface area contributed by atoms with Crippen molar-refractivity contribution in [1.29, 1.82) is 0 Å². The van der Waals surface area contributed by atoms with Crippen LogP contribution in [0.5, 0.6) is 0 Å². The fourth-order valence-corrected chi connectivity index (χ4v) is 3.36. The molecule has 1 aromatic carbocycles. The predicted octanol–water partition coefficient (Wildman–Crippen LogP) is 3.89. The third-order valence-corrected chi connectivity index (χ3v) is 4.95. The Morgan fingerprint density at radius 3 is 1.72 bits per heavy atom. The fraction of sp³-hybridized carbons (Fsp3) is 0.647. The number of nitrogens with zero attached hydrogens (tertiary/aromatic N) is 1. The van der Waals surface area contributed by atoms with Gasteiger partial charge in [-0.2, -0.15) is 0 Å². The molecule has 0 N–H and O–H groups in total. The molecule has 0 amide bonds. The van der Waals surface area contributed by atoms with Gasteiger partial charge in [0.1, 0.15) is 0 Å². The molecule has 1 nitrogen and oxygen atoms in total. The molecule has 1 aliphatic rings. The number of benzene rings is 1. The Balaban J connectivity index is 2.36. The fourth-order valence-electron chi connectivity index (χ4n) is 3.36. The molecule has 1 aromatic rings. The van der Waals surface area contributed by atoms with Crippen LogP contribution in [-0.4, -0.2) is 25.5 Å². The molecule has 0 bridgehead atoms. The Hall–Kier alpha value is -0.820. The normalized spacial score (nSPS) is 22.7. The van der Waals surface area contributed by atoms with Crippen LogP contribution in [0.4, 0.5) is 0 Å². The van der Waals surface area contributed by atoms with Gasteiger partial charge in [-0.1, -0.05) is 0 Å². The van der Waals surface area contributed by atoms with E-state index in [1.54, 1.807) is 16.7 Å². The Morgan fingerprint density at radius 2 is 1.28 bits per heavy atom. The van der Waals surface area contributed by atoms with Crippen LogP contribution < -0.4 is 0 Å². The second kappa shape index (κ2) is 4.70. The zero-order valence-corrected chi connectivity index (χ0v) is 13.0. The maximum Gasteiger partial charge on any atom is 0.000963 e. The van der Waals surface area contributed by atoms with Crippen LogP contribution in [0.25, 0.3) is 0 Å². The summed E-state index contributed by atoms with van der Waals surface area (Å²) in [5, 5.41) is 0. The van der Waals surface area contributed by atoms with E-state index < -0.39 is 0 Å². The zero-order chi connectivity index (χ0) is 13.6. The Bertz CT molecular complexity index is 442.